The summed E-state index contributed by atoms with van der Waals surface area (Å²) >= 11 is 0. The van der Waals surface area contributed by atoms with Crippen molar-refractivity contribution in [3.63, 3.8) is 0 Å². The third kappa shape index (κ3) is 3.85. The zero-order valence-corrected chi connectivity index (χ0v) is 13.7. The molecule has 0 spiro atoms. The highest BCUT2D eigenvalue weighted by atomic mass is 32.2. The molecule has 2 heterocycles. The first kappa shape index (κ1) is 15.9. The van der Waals surface area contributed by atoms with Crippen molar-refractivity contribution < 1.29 is 13.7 Å². The summed E-state index contributed by atoms with van der Waals surface area (Å²) in [7, 11) is -0.689. The first-order valence-corrected chi connectivity index (χ1v) is 9.55. The molecule has 0 aromatic heterocycles. The second kappa shape index (κ2) is 7.51. The average molecular weight is 320 g/mol. The Morgan fingerprint density at radius 2 is 1.82 bits per heavy atom. The molecule has 4 heteroatoms. The van der Waals surface area contributed by atoms with E-state index in [1.807, 2.05) is 30.3 Å². The van der Waals surface area contributed by atoms with Gasteiger partial charge in [-0.3, -0.25) is 9.00 Å². The Kier molecular flexibility index (Phi) is 5.42. The number of hydrogen-bond donors (Lipinski definition) is 0. The quantitative estimate of drug-likeness (QED) is 0.756. The number of Topliss-reactive ketones (excluding diaryl/α,β-unsaturated/α-hetero) is 1. The number of hydrogen-bond acceptors (Lipinski definition) is 3. The van der Waals surface area contributed by atoms with Crippen LogP contribution < -0.4 is 0 Å². The molecule has 22 heavy (non-hydrogen) atoms. The third-order valence-electron chi connectivity index (χ3n) is 4.86. The van der Waals surface area contributed by atoms with Gasteiger partial charge >= 0.3 is 0 Å². The van der Waals surface area contributed by atoms with Crippen molar-refractivity contribution in [2.24, 2.45) is 5.92 Å². The molecular weight excluding hydrogens is 296 g/mol. The predicted octanol–water partition coefficient (Wildman–Crippen LogP) is 3.24. The van der Waals surface area contributed by atoms with Gasteiger partial charge in [-0.05, 0) is 31.2 Å². The van der Waals surface area contributed by atoms with Crippen molar-refractivity contribution in [3.8, 4) is 0 Å². The van der Waals surface area contributed by atoms with E-state index in [1.54, 1.807) is 0 Å². The zero-order chi connectivity index (χ0) is 15.4. The highest BCUT2D eigenvalue weighted by molar-refractivity contribution is 7.86. The fraction of sp³-hybridized carbons (Fsp3) is 0.611. The second-order valence-corrected chi connectivity index (χ2v) is 8.42. The molecule has 0 saturated carbocycles. The number of ether oxygens (including phenoxy) is 1. The molecule has 1 aromatic rings. The Bertz CT molecular complexity index is 512. The van der Waals surface area contributed by atoms with Crippen LogP contribution in [0.1, 0.15) is 44.1 Å². The van der Waals surface area contributed by atoms with Gasteiger partial charge in [0, 0.05) is 33.6 Å². The first-order chi connectivity index (χ1) is 10.7. The lowest BCUT2D eigenvalue weighted by Crippen LogP contribution is -2.41. The van der Waals surface area contributed by atoms with Crippen LogP contribution in [0.2, 0.25) is 0 Å². The van der Waals surface area contributed by atoms with Gasteiger partial charge in [-0.1, -0.05) is 36.8 Å². The molecule has 2 bridgehead atoms. The number of fused-ring (bicyclic) bond motifs is 2. The Balaban J connectivity index is 1.42. The van der Waals surface area contributed by atoms with E-state index in [4.69, 9.17) is 4.74 Å². The van der Waals surface area contributed by atoms with Crippen molar-refractivity contribution >= 4 is 16.6 Å². The summed E-state index contributed by atoms with van der Waals surface area (Å²) in [5.74, 6) is 0.426. The molecule has 0 aliphatic carbocycles. The maximum Gasteiger partial charge on any atom is 0.138 e. The van der Waals surface area contributed by atoms with Gasteiger partial charge in [-0.25, -0.2) is 0 Å². The Labute approximate surface area is 134 Å². The van der Waals surface area contributed by atoms with Crippen molar-refractivity contribution in [1.82, 2.24) is 0 Å². The molecule has 3 nitrogen and oxygen atoms in total. The normalized spacial score (nSPS) is 30.9. The van der Waals surface area contributed by atoms with Crippen LogP contribution >= 0.6 is 0 Å². The summed E-state index contributed by atoms with van der Waals surface area (Å²) in [5.41, 5.74) is 1.14. The smallest absolute Gasteiger partial charge is 0.138 e. The molecule has 1 aromatic carbocycles. The van der Waals surface area contributed by atoms with Crippen LogP contribution in [0, 0.1) is 5.92 Å². The topological polar surface area (TPSA) is 43.4 Å². The lowest BCUT2D eigenvalue weighted by Gasteiger charge is -2.37. The van der Waals surface area contributed by atoms with Crippen LogP contribution in [0.3, 0.4) is 0 Å². The van der Waals surface area contributed by atoms with Gasteiger partial charge in [0.15, 0.2) is 0 Å². The van der Waals surface area contributed by atoms with Gasteiger partial charge in [0.25, 0.3) is 0 Å². The molecule has 2 saturated heterocycles. The average Bonchev–Trinajstić information content (AvgIpc) is 2.52. The van der Waals surface area contributed by atoms with Crippen molar-refractivity contribution in [2.45, 2.75) is 55.6 Å². The van der Waals surface area contributed by atoms with Crippen molar-refractivity contribution in [3.05, 3.63) is 35.9 Å². The lowest BCUT2D eigenvalue weighted by molar-refractivity contribution is -0.124. The Morgan fingerprint density at radius 1 is 1.14 bits per heavy atom. The SMILES string of the molecule is O=C(CCOCc1ccccc1)C1CC2CCCC(C1)S2=O. The van der Waals surface area contributed by atoms with Crippen molar-refractivity contribution in [2.75, 3.05) is 6.61 Å². The van der Waals surface area contributed by atoms with E-state index in [9.17, 15) is 9.00 Å². The molecule has 0 radical (unpaired) electrons. The van der Waals surface area contributed by atoms with E-state index in [2.05, 4.69) is 0 Å². The molecule has 120 valence electrons. The van der Waals surface area contributed by atoms with Crippen LogP contribution in [-0.2, 0) is 26.9 Å². The summed E-state index contributed by atoms with van der Waals surface area (Å²) in [5, 5.41) is 0.540. The minimum Gasteiger partial charge on any atom is -0.376 e. The van der Waals surface area contributed by atoms with Crippen LogP contribution in [0.15, 0.2) is 30.3 Å². The third-order valence-corrected chi connectivity index (χ3v) is 7.03. The summed E-state index contributed by atoms with van der Waals surface area (Å²) in [6, 6.07) is 10.0. The lowest BCUT2D eigenvalue weighted by atomic mass is 9.86. The number of carbonyl (C=O) groups excluding carboxylic acids is 1. The monoisotopic (exact) mass is 320 g/mol. The first-order valence-electron chi connectivity index (χ1n) is 8.28. The van der Waals surface area contributed by atoms with E-state index < -0.39 is 10.8 Å². The van der Waals surface area contributed by atoms with E-state index in [0.29, 0.717) is 25.4 Å². The molecule has 3 rings (SSSR count). The molecule has 0 N–H and O–H groups in total. The van der Waals surface area contributed by atoms with Crippen LogP contribution in [0.4, 0.5) is 0 Å². The summed E-state index contributed by atoms with van der Waals surface area (Å²) in [6.07, 6.45) is 5.42. The van der Waals surface area contributed by atoms with Gasteiger partial charge in [-0.2, -0.15) is 0 Å². The van der Waals surface area contributed by atoms with Gasteiger partial charge < -0.3 is 4.74 Å². The minimum absolute atomic E-state index is 0.119. The maximum absolute atomic E-state index is 12.4. The molecule has 2 atom stereocenters. The number of ketones is 1. The number of rotatable bonds is 6. The standard InChI is InChI=1S/C18H24O3S/c19-18(9-10-21-13-14-5-2-1-3-6-14)15-11-16-7-4-8-17(12-15)22(16)20/h1-3,5-6,15-17H,4,7-13H2. The van der Waals surface area contributed by atoms with Gasteiger partial charge in [0.1, 0.15) is 5.78 Å². The van der Waals surface area contributed by atoms with Crippen LogP contribution in [0.5, 0.6) is 0 Å². The van der Waals surface area contributed by atoms with E-state index in [-0.39, 0.29) is 16.4 Å². The maximum atomic E-state index is 12.4. The molecule has 2 unspecified atom stereocenters. The van der Waals surface area contributed by atoms with Gasteiger partial charge in [0.05, 0.1) is 13.2 Å². The van der Waals surface area contributed by atoms with E-state index >= 15 is 0 Å². The Morgan fingerprint density at radius 3 is 2.50 bits per heavy atom. The zero-order valence-electron chi connectivity index (χ0n) is 12.9. The fourth-order valence-corrected chi connectivity index (χ4v) is 5.82. The summed E-state index contributed by atoms with van der Waals surface area (Å²) in [4.78, 5) is 12.4. The highest BCUT2D eigenvalue weighted by Crippen LogP contribution is 2.37. The Hall–Kier alpha value is -1.00. The van der Waals surface area contributed by atoms with Gasteiger partial charge in [0.2, 0.25) is 0 Å². The number of carbonyl (C=O) groups is 1. The molecule has 2 aliphatic rings. The van der Waals surface area contributed by atoms with Gasteiger partial charge in [-0.15, -0.1) is 0 Å². The fourth-order valence-electron chi connectivity index (χ4n) is 3.64. The van der Waals surface area contributed by atoms with Crippen molar-refractivity contribution in [1.29, 1.82) is 0 Å². The van der Waals surface area contributed by atoms with Crippen LogP contribution in [0.25, 0.3) is 0 Å². The second-order valence-electron chi connectivity index (χ2n) is 6.43. The molecule has 0 amide bonds. The largest absolute Gasteiger partial charge is 0.376 e. The molecule has 2 fully saturated rings. The van der Waals surface area contributed by atoms with E-state index in [0.717, 1.165) is 31.2 Å². The highest BCUT2D eigenvalue weighted by Gasteiger charge is 2.39. The molecular formula is C18H24O3S. The minimum atomic E-state index is -0.689. The molecule has 2 aliphatic heterocycles. The number of benzene rings is 1. The van der Waals surface area contributed by atoms with Crippen LogP contribution in [-0.4, -0.2) is 27.1 Å². The predicted molar refractivity (Wildman–Crippen MR) is 88.0 cm³/mol. The summed E-state index contributed by atoms with van der Waals surface area (Å²) in [6.45, 7) is 1.05. The van der Waals surface area contributed by atoms with E-state index in [1.165, 1.54) is 6.42 Å². The summed E-state index contributed by atoms with van der Waals surface area (Å²) < 4.78 is 17.8.